The van der Waals surface area contributed by atoms with Gasteiger partial charge in [0.2, 0.25) is 5.82 Å². The van der Waals surface area contributed by atoms with E-state index >= 15 is 0 Å². The molecule has 0 N–H and O–H groups in total. The van der Waals surface area contributed by atoms with Crippen LogP contribution in [0.25, 0.3) is 16.4 Å². The zero-order chi connectivity index (χ0) is 22.1. The Labute approximate surface area is 188 Å². The number of piperazine rings is 1. The third-order valence-corrected chi connectivity index (χ3v) is 6.56. The first kappa shape index (κ1) is 20.8. The number of halogens is 1. The van der Waals surface area contributed by atoms with Crippen molar-refractivity contribution in [3.05, 3.63) is 53.4 Å². The molecular formula is C22H22FN5O3S. The number of aromatic nitrogens is 3. The van der Waals surface area contributed by atoms with Crippen molar-refractivity contribution in [3.8, 4) is 16.4 Å². The number of rotatable bonds is 4. The molecule has 166 valence electrons. The number of nitrogens with zero attached hydrogens (tertiary/aromatic N) is 5. The van der Waals surface area contributed by atoms with E-state index in [2.05, 4.69) is 10.1 Å². The molecule has 2 aliphatic rings. The molecule has 0 spiro atoms. The smallest absolute Gasteiger partial charge is 0.293 e. The van der Waals surface area contributed by atoms with Crippen molar-refractivity contribution in [1.29, 1.82) is 0 Å². The van der Waals surface area contributed by atoms with Crippen LogP contribution in [0, 0.1) is 5.82 Å². The van der Waals surface area contributed by atoms with Gasteiger partial charge in [-0.05, 0) is 48.6 Å². The summed E-state index contributed by atoms with van der Waals surface area (Å²) in [5.41, 5.74) is 0.619. The number of carbonyl (C=O) groups is 2. The average molecular weight is 456 g/mol. The second-order valence-corrected chi connectivity index (χ2v) is 8.69. The van der Waals surface area contributed by atoms with Gasteiger partial charge in [0.15, 0.2) is 5.82 Å². The Morgan fingerprint density at radius 3 is 2.47 bits per heavy atom. The standard InChI is InChI=1S/C22H22FN5O3S/c23-15-5-7-16(8-6-15)28-20(18-4-2-14-32-18)24-19(25-28)22(30)27-11-9-26(10-12-27)21(29)17-3-1-13-31-17/h2,4-8,14,17H,1,3,9-13H2. The molecule has 32 heavy (non-hydrogen) atoms. The highest BCUT2D eigenvalue weighted by Gasteiger charge is 2.32. The molecule has 10 heteroatoms. The number of hydrogen-bond donors (Lipinski definition) is 0. The Morgan fingerprint density at radius 2 is 1.81 bits per heavy atom. The molecule has 1 aromatic carbocycles. The van der Waals surface area contributed by atoms with E-state index < -0.39 is 0 Å². The topological polar surface area (TPSA) is 80.6 Å². The minimum absolute atomic E-state index is 0.00768. The lowest BCUT2D eigenvalue weighted by molar-refractivity contribution is -0.142. The van der Waals surface area contributed by atoms with Crippen molar-refractivity contribution in [2.75, 3.05) is 32.8 Å². The minimum atomic E-state index is -0.349. The molecule has 1 unspecified atom stereocenters. The molecule has 2 aliphatic heterocycles. The van der Waals surface area contributed by atoms with E-state index in [1.54, 1.807) is 26.6 Å². The average Bonchev–Trinajstić information content (AvgIpc) is 3.60. The van der Waals surface area contributed by atoms with E-state index in [1.165, 1.54) is 23.5 Å². The molecule has 0 saturated carbocycles. The first-order valence-electron chi connectivity index (χ1n) is 10.6. The Morgan fingerprint density at radius 1 is 1.06 bits per heavy atom. The summed E-state index contributed by atoms with van der Waals surface area (Å²) in [7, 11) is 0. The summed E-state index contributed by atoms with van der Waals surface area (Å²) in [5.74, 6) is -0.0155. The van der Waals surface area contributed by atoms with Crippen LogP contribution in [0.15, 0.2) is 41.8 Å². The number of hydrogen-bond acceptors (Lipinski definition) is 6. The number of benzene rings is 1. The quantitative estimate of drug-likeness (QED) is 0.604. The van der Waals surface area contributed by atoms with Gasteiger partial charge in [-0.2, -0.15) is 0 Å². The maximum absolute atomic E-state index is 13.4. The summed E-state index contributed by atoms with van der Waals surface area (Å²) in [6.45, 7) is 2.37. The summed E-state index contributed by atoms with van der Waals surface area (Å²) in [5, 5.41) is 6.38. The van der Waals surface area contributed by atoms with Crippen LogP contribution in [-0.2, 0) is 9.53 Å². The summed E-state index contributed by atoms with van der Waals surface area (Å²) < 4.78 is 20.5. The fourth-order valence-electron chi connectivity index (χ4n) is 3.98. The van der Waals surface area contributed by atoms with Crippen molar-refractivity contribution in [3.63, 3.8) is 0 Å². The molecule has 5 rings (SSSR count). The lowest BCUT2D eigenvalue weighted by Crippen LogP contribution is -2.53. The molecule has 1 atom stereocenters. The van der Waals surface area contributed by atoms with Gasteiger partial charge in [-0.3, -0.25) is 9.59 Å². The van der Waals surface area contributed by atoms with E-state index in [-0.39, 0.29) is 29.6 Å². The van der Waals surface area contributed by atoms with Gasteiger partial charge >= 0.3 is 0 Å². The molecule has 2 aromatic heterocycles. The van der Waals surface area contributed by atoms with Gasteiger partial charge in [-0.1, -0.05) is 6.07 Å². The first-order chi connectivity index (χ1) is 15.6. The van der Waals surface area contributed by atoms with Gasteiger partial charge < -0.3 is 14.5 Å². The zero-order valence-electron chi connectivity index (χ0n) is 17.3. The Kier molecular flexibility index (Phi) is 5.71. The molecular weight excluding hydrogens is 433 g/mol. The monoisotopic (exact) mass is 455 g/mol. The summed E-state index contributed by atoms with van der Waals surface area (Å²) in [6, 6.07) is 9.70. The van der Waals surface area contributed by atoms with Crippen LogP contribution in [0.1, 0.15) is 23.5 Å². The maximum Gasteiger partial charge on any atom is 0.293 e. The fourth-order valence-corrected chi connectivity index (χ4v) is 4.68. The van der Waals surface area contributed by atoms with Crippen molar-refractivity contribution in [2.24, 2.45) is 0 Å². The lowest BCUT2D eigenvalue weighted by Gasteiger charge is -2.35. The third-order valence-electron chi connectivity index (χ3n) is 5.69. The van der Waals surface area contributed by atoms with Crippen molar-refractivity contribution in [2.45, 2.75) is 18.9 Å². The zero-order valence-corrected chi connectivity index (χ0v) is 18.1. The molecule has 2 amide bonds. The second-order valence-electron chi connectivity index (χ2n) is 7.74. The number of thiophene rings is 1. The molecule has 0 aliphatic carbocycles. The van der Waals surface area contributed by atoms with Gasteiger partial charge in [-0.15, -0.1) is 16.4 Å². The van der Waals surface area contributed by atoms with Gasteiger partial charge in [0.1, 0.15) is 11.9 Å². The van der Waals surface area contributed by atoms with Crippen molar-refractivity contribution in [1.82, 2.24) is 24.6 Å². The molecule has 2 fully saturated rings. The van der Waals surface area contributed by atoms with Crippen LogP contribution in [0.3, 0.4) is 0 Å². The normalized spacial score (nSPS) is 18.8. The summed E-state index contributed by atoms with van der Waals surface area (Å²) >= 11 is 1.49. The molecule has 0 radical (unpaired) electrons. The molecule has 4 heterocycles. The minimum Gasteiger partial charge on any atom is -0.368 e. The van der Waals surface area contributed by atoms with E-state index in [9.17, 15) is 14.0 Å². The van der Waals surface area contributed by atoms with Crippen LogP contribution in [0.4, 0.5) is 4.39 Å². The largest absolute Gasteiger partial charge is 0.368 e. The highest BCUT2D eigenvalue weighted by Crippen LogP contribution is 2.26. The first-order valence-corrected chi connectivity index (χ1v) is 11.4. The van der Waals surface area contributed by atoms with Crippen LogP contribution >= 0.6 is 11.3 Å². The van der Waals surface area contributed by atoms with Crippen LogP contribution in [-0.4, -0.2) is 75.3 Å². The number of carbonyl (C=O) groups excluding carboxylic acids is 2. The Balaban J connectivity index is 1.34. The predicted octanol–water partition coefficient (Wildman–Crippen LogP) is 2.60. The van der Waals surface area contributed by atoms with Crippen molar-refractivity contribution >= 4 is 23.2 Å². The molecule has 8 nitrogen and oxygen atoms in total. The van der Waals surface area contributed by atoms with E-state index in [1.807, 2.05) is 17.5 Å². The van der Waals surface area contributed by atoms with Crippen LogP contribution in [0.5, 0.6) is 0 Å². The molecule has 2 saturated heterocycles. The van der Waals surface area contributed by atoms with Gasteiger partial charge in [0, 0.05) is 32.8 Å². The maximum atomic E-state index is 13.4. The second kappa shape index (κ2) is 8.79. The predicted molar refractivity (Wildman–Crippen MR) is 116 cm³/mol. The third kappa shape index (κ3) is 4.03. The van der Waals surface area contributed by atoms with Crippen molar-refractivity contribution < 1.29 is 18.7 Å². The Hall–Kier alpha value is -3.11. The molecule has 0 bridgehead atoms. The Bertz CT molecular complexity index is 1100. The highest BCUT2D eigenvalue weighted by atomic mass is 32.1. The summed E-state index contributed by atoms with van der Waals surface area (Å²) in [6.07, 6.45) is 1.32. The SMILES string of the molecule is O=C(c1nc(-c2cccs2)n(-c2ccc(F)cc2)n1)N1CCN(C(=O)C2CCCO2)CC1. The van der Waals surface area contributed by atoms with Gasteiger partial charge in [-0.25, -0.2) is 14.1 Å². The molecule has 3 aromatic rings. The fraction of sp³-hybridized carbons (Fsp3) is 0.364. The number of amides is 2. The van der Waals surface area contributed by atoms with E-state index in [0.29, 0.717) is 44.3 Å². The van der Waals surface area contributed by atoms with E-state index in [0.717, 1.165) is 17.7 Å². The number of ether oxygens (including phenoxy) is 1. The summed E-state index contributed by atoms with van der Waals surface area (Å²) in [4.78, 5) is 34.5. The van der Waals surface area contributed by atoms with Crippen LogP contribution in [0.2, 0.25) is 0 Å². The lowest BCUT2D eigenvalue weighted by atomic mass is 10.2. The van der Waals surface area contributed by atoms with E-state index in [4.69, 9.17) is 4.74 Å². The highest BCUT2D eigenvalue weighted by molar-refractivity contribution is 7.13. The van der Waals surface area contributed by atoms with Gasteiger partial charge in [0.25, 0.3) is 11.8 Å². The van der Waals surface area contributed by atoms with Gasteiger partial charge in [0.05, 0.1) is 10.6 Å². The van der Waals surface area contributed by atoms with Crippen LogP contribution < -0.4 is 0 Å².